The molecule has 0 aromatic heterocycles. The van der Waals surface area contributed by atoms with E-state index < -0.39 is 0 Å². The molecule has 1 saturated heterocycles. The van der Waals surface area contributed by atoms with Crippen molar-refractivity contribution < 1.29 is 0 Å². The van der Waals surface area contributed by atoms with Crippen molar-refractivity contribution in [2.24, 2.45) is 5.92 Å². The third kappa shape index (κ3) is 2.77. The molecule has 1 N–H and O–H groups in total. The van der Waals surface area contributed by atoms with Crippen molar-refractivity contribution in [3.05, 3.63) is 35.4 Å². The Labute approximate surface area is 123 Å². The van der Waals surface area contributed by atoms with Crippen LogP contribution in [0.5, 0.6) is 0 Å². The molecule has 1 aromatic rings. The predicted molar refractivity (Wildman–Crippen MR) is 84.8 cm³/mol. The molecule has 1 aromatic carbocycles. The molecule has 110 valence electrons. The monoisotopic (exact) mass is 272 g/mol. The Morgan fingerprint density at radius 1 is 1.25 bits per heavy atom. The number of hydrogen-bond donors (Lipinski definition) is 1. The molecule has 1 heterocycles. The van der Waals surface area contributed by atoms with E-state index in [1.165, 1.54) is 30.5 Å². The van der Waals surface area contributed by atoms with Gasteiger partial charge in [-0.15, -0.1) is 0 Å². The summed E-state index contributed by atoms with van der Waals surface area (Å²) in [6.07, 6.45) is 3.96. The van der Waals surface area contributed by atoms with Gasteiger partial charge >= 0.3 is 0 Å². The molecule has 20 heavy (non-hydrogen) atoms. The minimum atomic E-state index is 0.341. The molecule has 2 fully saturated rings. The zero-order valence-corrected chi connectivity index (χ0v) is 13.2. The standard InChI is InChI=1S/C18H28N2/c1-4-15-7-5-6-8-16(15)12-20-13-18(3,17-9-10-17)19-11-14(20)2/h5-8,14,17,19H,4,9-13H2,1-3H3. The number of piperazine rings is 1. The SMILES string of the molecule is CCc1ccccc1CN1CC(C)(C2CC2)NCC1C. The van der Waals surface area contributed by atoms with Crippen molar-refractivity contribution in [3.8, 4) is 0 Å². The van der Waals surface area contributed by atoms with Crippen LogP contribution in [0.15, 0.2) is 24.3 Å². The summed E-state index contributed by atoms with van der Waals surface area (Å²) in [7, 11) is 0. The van der Waals surface area contributed by atoms with Gasteiger partial charge in [-0.05, 0) is 50.2 Å². The first-order valence-corrected chi connectivity index (χ1v) is 8.18. The van der Waals surface area contributed by atoms with E-state index in [1.54, 1.807) is 0 Å². The number of hydrogen-bond acceptors (Lipinski definition) is 2. The van der Waals surface area contributed by atoms with Crippen LogP contribution >= 0.6 is 0 Å². The first kappa shape index (κ1) is 14.1. The highest BCUT2D eigenvalue weighted by atomic mass is 15.3. The molecular weight excluding hydrogens is 244 g/mol. The van der Waals surface area contributed by atoms with E-state index in [2.05, 4.69) is 55.3 Å². The maximum atomic E-state index is 3.81. The summed E-state index contributed by atoms with van der Waals surface area (Å²) >= 11 is 0. The second-order valence-corrected chi connectivity index (χ2v) is 6.95. The highest BCUT2D eigenvalue weighted by molar-refractivity contribution is 5.27. The van der Waals surface area contributed by atoms with Crippen molar-refractivity contribution in [1.29, 1.82) is 0 Å². The molecule has 3 rings (SSSR count). The Morgan fingerprint density at radius 2 is 1.95 bits per heavy atom. The maximum Gasteiger partial charge on any atom is 0.0309 e. The molecule has 0 amide bonds. The van der Waals surface area contributed by atoms with Gasteiger partial charge in [0.15, 0.2) is 0 Å². The topological polar surface area (TPSA) is 15.3 Å². The van der Waals surface area contributed by atoms with Gasteiger partial charge < -0.3 is 5.32 Å². The quantitative estimate of drug-likeness (QED) is 0.905. The van der Waals surface area contributed by atoms with E-state index in [0.29, 0.717) is 11.6 Å². The largest absolute Gasteiger partial charge is 0.308 e. The number of benzene rings is 1. The normalized spacial score (nSPS) is 31.4. The lowest BCUT2D eigenvalue weighted by Gasteiger charge is -2.46. The highest BCUT2D eigenvalue weighted by Gasteiger charge is 2.45. The van der Waals surface area contributed by atoms with Crippen LogP contribution < -0.4 is 5.32 Å². The summed E-state index contributed by atoms with van der Waals surface area (Å²) in [5, 5.41) is 3.81. The molecule has 2 atom stereocenters. The summed E-state index contributed by atoms with van der Waals surface area (Å²) in [6.45, 7) is 10.5. The minimum absolute atomic E-state index is 0.341. The lowest BCUT2D eigenvalue weighted by Crippen LogP contribution is -2.62. The average molecular weight is 272 g/mol. The van der Waals surface area contributed by atoms with Crippen LogP contribution in [0, 0.1) is 5.92 Å². The van der Waals surface area contributed by atoms with Gasteiger partial charge in [0.2, 0.25) is 0 Å². The van der Waals surface area contributed by atoms with Gasteiger partial charge in [0.25, 0.3) is 0 Å². The lowest BCUT2D eigenvalue weighted by molar-refractivity contribution is 0.0768. The third-order valence-electron chi connectivity index (χ3n) is 5.31. The van der Waals surface area contributed by atoms with E-state index >= 15 is 0 Å². The van der Waals surface area contributed by atoms with Crippen molar-refractivity contribution >= 4 is 0 Å². The van der Waals surface area contributed by atoms with E-state index in [4.69, 9.17) is 0 Å². The Morgan fingerprint density at radius 3 is 2.60 bits per heavy atom. The first-order chi connectivity index (χ1) is 9.62. The van der Waals surface area contributed by atoms with Gasteiger partial charge in [0.05, 0.1) is 0 Å². The van der Waals surface area contributed by atoms with Crippen molar-refractivity contribution in [1.82, 2.24) is 10.2 Å². The number of rotatable bonds is 4. The van der Waals surface area contributed by atoms with Gasteiger partial charge in [-0.3, -0.25) is 4.90 Å². The van der Waals surface area contributed by atoms with E-state index in [0.717, 1.165) is 25.4 Å². The van der Waals surface area contributed by atoms with E-state index in [-0.39, 0.29) is 0 Å². The fourth-order valence-electron chi connectivity index (χ4n) is 3.62. The number of nitrogens with one attached hydrogen (secondary N) is 1. The Kier molecular flexibility index (Phi) is 3.87. The van der Waals surface area contributed by atoms with Gasteiger partial charge in [-0.2, -0.15) is 0 Å². The predicted octanol–water partition coefficient (Wildman–Crippen LogP) is 3.21. The fourth-order valence-corrected chi connectivity index (χ4v) is 3.62. The summed E-state index contributed by atoms with van der Waals surface area (Å²) in [4.78, 5) is 2.68. The summed E-state index contributed by atoms with van der Waals surface area (Å²) < 4.78 is 0. The molecule has 2 unspecified atom stereocenters. The molecule has 1 saturated carbocycles. The van der Waals surface area contributed by atoms with Crippen LogP contribution in [-0.2, 0) is 13.0 Å². The Hall–Kier alpha value is -0.860. The average Bonchev–Trinajstić information content (AvgIpc) is 3.29. The highest BCUT2D eigenvalue weighted by Crippen LogP contribution is 2.41. The molecule has 2 heteroatoms. The summed E-state index contributed by atoms with van der Waals surface area (Å²) in [5.74, 6) is 0.902. The van der Waals surface area contributed by atoms with Gasteiger partial charge in [-0.25, -0.2) is 0 Å². The molecule has 0 bridgehead atoms. The molecule has 0 spiro atoms. The van der Waals surface area contributed by atoms with Gasteiger partial charge in [0, 0.05) is 31.2 Å². The molecule has 2 aliphatic rings. The third-order valence-corrected chi connectivity index (χ3v) is 5.31. The second-order valence-electron chi connectivity index (χ2n) is 6.95. The molecule has 1 aliphatic heterocycles. The number of aryl methyl sites for hydroxylation is 1. The first-order valence-electron chi connectivity index (χ1n) is 8.18. The van der Waals surface area contributed by atoms with Gasteiger partial charge in [0.1, 0.15) is 0 Å². The van der Waals surface area contributed by atoms with Crippen molar-refractivity contribution in [2.45, 2.75) is 58.2 Å². The zero-order valence-electron chi connectivity index (χ0n) is 13.2. The fraction of sp³-hybridized carbons (Fsp3) is 0.667. The minimum Gasteiger partial charge on any atom is -0.308 e. The maximum absolute atomic E-state index is 3.81. The zero-order chi connectivity index (χ0) is 14.2. The lowest BCUT2D eigenvalue weighted by atomic mass is 9.90. The smallest absolute Gasteiger partial charge is 0.0309 e. The van der Waals surface area contributed by atoms with Crippen LogP contribution in [0.1, 0.15) is 44.7 Å². The van der Waals surface area contributed by atoms with E-state index in [1.807, 2.05) is 0 Å². The second kappa shape index (κ2) is 5.50. The van der Waals surface area contributed by atoms with Crippen LogP contribution in [0.3, 0.4) is 0 Å². The molecular formula is C18H28N2. The van der Waals surface area contributed by atoms with Crippen LogP contribution in [-0.4, -0.2) is 29.6 Å². The van der Waals surface area contributed by atoms with Crippen LogP contribution in [0.4, 0.5) is 0 Å². The molecule has 0 radical (unpaired) electrons. The number of nitrogens with zero attached hydrogens (tertiary/aromatic N) is 1. The van der Waals surface area contributed by atoms with Crippen molar-refractivity contribution in [3.63, 3.8) is 0 Å². The van der Waals surface area contributed by atoms with E-state index in [9.17, 15) is 0 Å². The van der Waals surface area contributed by atoms with Gasteiger partial charge in [-0.1, -0.05) is 31.2 Å². The Balaban J connectivity index is 1.74. The Bertz CT molecular complexity index is 466. The van der Waals surface area contributed by atoms with Crippen LogP contribution in [0.25, 0.3) is 0 Å². The van der Waals surface area contributed by atoms with Crippen molar-refractivity contribution in [2.75, 3.05) is 13.1 Å². The molecule has 2 nitrogen and oxygen atoms in total. The van der Waals surface area contributed by atoms with Crippen LogP contribution in [0.2, 0.25) is 0 Å². The molecule has 1 aliphatic carbocycles. The summed E-state index contributed by atoms with van der Waals surface area (Å²) in [6, 6.07) is 9.57. The summed E-state index contributed by atoms with van der Waals surface area (Å²) in [5.41, 5.74) is 3.36.